The Hall–Kier alpha value is -1.92. The summed E-state index contributed by atoms with van der Waals surface area (Å²) in [6.07, 6.45) is 1.32. The maximum atomic E-state index is 11.0. The van der Waals surface area contributed by atoms with E-state index in [0.29, 0.717) is 6.61 Å². The topological polar surface area (TPSA) is 83.3 Å². The Balaban J connectivity index is 2.60. The number of methoxy groups -OCH3 is 1. The van der Waals surface area contributed by atoms with Crippen molar-refractivity contribution < 1.29 is 19.1 Å². The number of ether oxygens (including phenoxy) is 2. The molecule has 7 heteroatoms. The lowest BCUT2D eigenvalue weighted by atomic mass is 10.5. The largest absolute Gasteiger partial charge is 0.465 e. The number of nitrogens with zero attached hydrogens (tertiary/aromatic N) is 3. The second-order valence-electron chi connectivity index (χ2n) is 2.60. The van der Waals surface area contributed by atoms with E-state index in [-0.39, 0.29) is 12.2 Å². The molecule has 0 fully saturated rings. The van der Waals surface area contributed by atoms with Crippen LogP contribution in [-0.4, -0.2) is 40.6 Å². The molecule has 0 radical (unpaired) electrons. The quantitative estimate of drug-likeness (QED) is 0.634. The van der Waals surface area contributed by atoms with Gasteiger partial charge in [-0.3, -0.25) is 4.79 Å². The number of carbonyl (C=O) groups excluding carboxylic acids is 2. The Morgan fingerprint density at radius 1 is 1.53 bits per heavy atom. The molecule has 0 aliphatic carbocycles. The Labute approximate surface area is 86.0 Å². The van der Waals surface area contributed by atoms with Gasteiger partial charge in [-0.2, -0.15) is 0 Å². The molecule has 0 saturated carbocycles. The third-order valence-electron chi connectivity index (χ3n) is 1.53. The van der Waals surface area contributed by atoms with Crippen LogP contribution in [0.15, 0.2) is 6.20 Å². The first kappa shape index (κ1) is 11.2. The van der Waals surface area contributed by atoms with Crippen LogP contribution in [0.3, 0.4) is 0 Å². The summed E-state index contributed by atoms with van der Waals surface area (Å²) in [5.74, 6) is -1.02. The summed E-state index contributed by atoms with van der Waals surface area (Å²) in [7, 11) is 1.24. The van der Waals surface area contributed by atoms with Crippen molar-refractivity contribution in [1.29, 1.82) is 0 Å². The molecular formula is C8H11N3O4. The molecule has 0 spiro atoms. The zero-order valence-electron chi connectivity index (χ0n) is 8.47. The van der Waals surface area contributed by atoms with Crippen LogP contribution in [0, 0.1) is 0 Å². The fourth-order valence-electron chi connectivity index (χ4n) is 0.913. The van der Waals surface area contributed by atoms with Gasteiger partial charge in [-0.15, -0.1) is 5.10 Å². The molecule has 15 heavy (non-hydrogen) atoms. The summed E-state index contributed by atoms with van der Waals surface area (Å²) in [5, 5.41) is 7.10. The Kier molecular flexibility index (Phi) is 3.78. The molecule has 0 amide bonds. The zero-order valence-corrected chi connectivity index (χ0v) is 8.47. The molecule has 0 saturated heterocycles. The van der Waals surface area contributed by atoms with Crippen LogP contribution < -0.4 is 0 Å². The smallest absolute Gasteiger partial charge is 0.360 e. The highest BCUT2D eigenvalue weighted by molar-refractivity contribution is 5.86. The molecule has 0 aliphatic rings. The minimum Gasteiger partial charge on any atom is -0.465 e. The van der Waals surface area contributed by atoms with E-state index >= 15 is 0 Å². The highest BCUT2D eigenvalue weighted by Crippen LogP contribution is 1.95. The highest BCUT2D eigenvalue weighted by atomic mass is 16.5. The average molecular weight is 213 g/mol. The van der Waals surface area contributed by atoms with Gasteiger partial charge in [-0.05, 0) is 6.92 Å². The van der Waals surface area contributed by atoms with E-state index in [9.17, 15) is 9.59 Å². The van der Waals surface area contributed by atoms with Gasteiger partial charge in [0.15, 0.2) is 5.69 Å². The van der Waals surface area contributed by atoms with E-state index in [1.807, 2.05) is 0 Å². The average Bonchev–Trinajstić information content (AvgIpc) is 2.65. The van der Waals surface area contributed by atoms with Crippen LogP contribution in [0.1, 0.15) is 17.4 Å². The van der Waals surface area contributed by atoms with E-state index in [2.05, 4.69) is 15.0 Å². The van der Waals surface area contributed by atoms with Crippen molar-refractivity contribution >= 4 is 11.9 Å². The van der Waals surface area contributed by atoms with Gasteiger partial charge in [0.05, 0.1) is 19.9 Å². The van der Waals surface area contributed by atoms with Gasteiger partial charge in [0.2, 0.25) is 0 Å². The molecule has 7 nitrogen and oxygen atoms in total. The molecule has 1 heterocycles. The molecule has 1 aromatic rings. The third-order valence-corrected chi connectivity index (χ3v) is 1.53. The van der Waals surface area contributed by atoms with E-state index in [1.54, 1.807) is 6.92 Å². The van der Waals surface area contributed by atoms with Crippen molar-refractivity contribution in [2.75, 3.05) is 13.7 Å². The Morgan fingerprint density at radius 3 is 2.87 bits per heavy atom. The normalized spacial score (nSPS) is 9.73. The second kappa shape index (κ2) is 5.08. The number of esters is 2. The lowest BCUT2D eigenvalue weighted by Crippen LogP contribution is -2.13. The van der Waals surface area contributed by atoms with Crippen molar-refractivity contribution in [3.05, 3.63) is 11.9 Å². The van der Waals surface area contributed by atoms with Crippen LogP contribution in [0.25, 0.3) is 0 Å². The van der Waals surface area contributed by atoms with Gasteiger partial charge in [0.1, 0.15) is 6.54 Å². The first-order valence-corrected chi connectivity index (χ1v) is 4.31. The van der Waals surface area contributed by atoms with Crippen molar-refractivity contribution in [2.45, 2.75) is 13.5 Å². The van der Waals surface area contributed by atoms with Crippen molar-refractivity contribution in [3.8, 4) is 0 Å². The second-order valence-corrected chi connectivity index (χ2v) is 2.60. The fraction of sp³-hybridized carbons (Fsp3) is 0.500. The lowest BCUT2D eigenvalue weighted by Gasteiger charge is -1.99. The third kappa shape index (κ3) is 3.04. The summed E-state index contributed by atoms with van der Waals surface area (Å²) in [6, 6.07) is 0. The van der Waals surface area contributed by atoms with Gasteiger partial charge >= 0.3 is 11.9 Å². The van der Waals surface area contributed by atoms with Crippen LogP contribution in [0.5, 0.6) is 0 Å². The number of hydrogen-bond donors (Lipinski definition) is 0. The molecule has 0 aromatic carbocycles. The summed E-state index contributed by atoms with van der Waals surface area (Å²) >= 11 is 0. The first-order chi connectivity index (χ1) is 7.17. The van der Waals surface area contributed by atoms with Crippen LogP contribution in [0.4, 0.5) is 0 Å². The van der Waals surface area contributed by atoms with Gasteiger partial charge in [-0.1, -0.05) is 5.21 Å². The summed E-state index contributed by atoms with van der Waals surface area (Å²) in [6.45, 7) is 1.94. The molecule has 0 unspecified atom stereocenters. The molecule has 0 N–H and O–H groups in total. The van der Waals surface area contributed by atoms with Crippen LogP contribution in [-0.2, 0) is 20.8 Å². The first-order valence-electron chi connectivity index (χ1n) is 4.31. The van der Waals surface area contributed by atoms with Crippen molar-refractivity contribution in [1.82, 2.24) is 15.0 Å². The zero-order chi connectivity index (χ0) is 11.3. The molecule has 1 rings (SSSR count). The maximum Gasteiger partial charge on any atom is 0.360 e. The van der Waals surface area contributed by atoms with Gasteiger partial charge in [0.25, 0.3) is 0 Å². The number of carbonyl (C=O) groups is 2. The number of hydrogen-bond acceptors (Lipinski definition) is 6. The fourth-order valence-corrected chi connectivity index (χ4v) is 0.913. The molecule has 82 valence electrons. The van der Waals surface area contributed by atoms with E-state index in [1.165, 1.54) is 18.0 Å². The predicted octanol–water partition coefficient (Wildman–Crippen LogP) is -0.372. The van der Waals surface area contributed by atoms with Crippen molar-refractivity contribution in [2.24, 2.45) is 0 Å². The summed E-state index contributed by atoms with van der Waals surface area (Å²) in [5.41, 5.74) is 0.0572. The van der Waals surface area contributed by atoms with Gasteiger partial charge < -0.3 is 9.47 Å². The van der Waals surface area contributed by atoms with E-state index in [4.69, 9.17) is 4.74 Å². The molecule has 0 atom stereocenters. The number of aromatic nitrogens is 3. The van der Waals surface area contributed by atoms with Crippen LogP contribution in [0.2, 0.25) is 0 Å². The monoisotopic (exact) mass is 213 g/mol. The molecular weight excluding hydrogens is 202 g/mol. The Bertz CT molecular complexity index is 361. The minimum atomic E-state index is -0.592. The van der Waals surface area contributed by atoms with E-state index in [0.717, 1.165) is 0 Å². The van der Waals surface area contributed by atoms with Gasteiger partial charge in [-0.25, -0.2) is 9.48 Å². The number of rotatable bonds is 4. The molecule has 0 aliphatic heterocycles. The standard InChI is InChI=1S/C8H11N3O4/c1-3-15-7(12)5-11-4-6(9-10-11)8(13)14-2/h4H,3,5H2,1-2H3. The minimum absolute atomic E-state index is 0.0572. The molecule has 1 aromatic heterocycles. The maximum absolute atomic E-state index is 11.0. The Morgan fingerprint density at radius 2 is 2.27 bits per heavy atom. The van der Waals surface area contributed by atoms with Crippen LogP contribution >= 0.6 is 0 Å². The highest BCUT2D eigenvalue weighted by Gasteiger charge is 2.12. The molecule has 0 bridgehead atoms. The van der Waals surface area contributed by atoms with Gasteiger partial charge in [0, 0.05) is 0 Å². The SMILES string of the molecule is CCOC(=O)Cn1cc(C(=O)OC)nn1. The summed E-state index contributed by atoms with van der Waals surface area (Å²) < 4.78 is 10.3. The predicted molar refractivity (Wildman–Crippen MR) is 48.0 cm³/mol. The van der Waals surface area contributed by atoms with Crippen molar-refractivity contribution in [3.63, 3.8) is 0 Å². The summed E-state index contributed by atoms with van der Waals surface area (Å²) in [4.78, 5) is 22.0. The van der Waals surface area contributed by atoms with E-state index < -0.39 is 11.9 Å². The lowest BCUT2D eigenvalue weighted by molar-refractivity contribution is -0.144.